The van der Waals surface area contributed by atoms with E-state index in [4.69, 9.17) is 11.6 Å². The Labute approximate surface area is 105 Å². The van der Waals surface area contributed by atoms with E-state index >= 15 is 0 Å². The Morgan fingerprint density at radius 2 is 1.87 bits per heavy atom. The molecule has 0 aliphatic carbocycles. The number of hydrogen-bond acceptors (Lipinski definition) is 1. The third-order valence-electron chi connectivity index (χ3n) is 2.45. The summed E-state index contributed by atoms with van der Waals surface area (Å²) in [6.07, 6.45) is 0. The van der Waals surface area contributed by atoms with E-state index in [1.165, 1.54) is 5.56 Å². The van der Waals surface area contributed by atoms with Crippen molar-refractivity contribution < 1.29 is 0 Å². The zero-order valence-corrected chi connectivity index (χ0v) is 11.5. The van der Waals surface area contributed by atoms with Gasteiger partial charge in [0, 0.05) is 22.9 Å². The molecule has 1 unspecified atom stereocenters. The molecular weight excluding hydrogens is 273 g/mol. The van der Waals surface area contributed by atoms with Gasteiger partial charge in [0.15, 0.2) is 0 Å². The highest BCUT2D eigenvalue weighted by atomic mass is 79.9. The van der Waals surface area contributed by atoms with E-state index in [2.05, 4.69) is 47.2 Å². The van der Waals surface area contributed by atoms with Crippen molar-refractivity contribution in [2.24, 2.45) is 5.92 Å². The van der Waals surface area contributed by atoms with E-state index < -0.39 is 0 Å². The van der Waals surface area contributed by atoms with Crippen molar-refractivity contribution >= 4 is 27.5 Å². The molecule has 0 spiro atoms. The molecule has 0 saturated carbocycles. The summed E-state index contributed by atoms with van der Waals surface area (Å²) in [7, 11) is 0. The number of benzene rings is 1. The first kappa shape index (κ1) is 13.0. The highest BCUT2D eigenvalue weighted by molar-refractivity contribution is 9.09. The van der Waals surface area contributed by atoms with Crippen molar-refractivity contribution in [1.29, 1.82) is 0 Å². The number of halogens is 2. The topological polar surface area (TPSA) is 12.0 Å². The van der Waals surface area contributed by atoms with Gasteiger partial charge in [-0.3, -0.25) is 0 Å². The van der Waals surface area contributed by atoms with Crippen molar-refractivity contribution in [2.45, 2.75) is 26.4 Å². The summed E-state index contributed by atoms with van der Waals surface area (Å²) in [5.41, 5.74) is 1.27. The molecule has 3 heteroatoms. The predicted octanol–water partition coefficient (Wildman–Crippen LogP) is 3.85. The minimum atomic E-state index is 0.515. The van der Waals surface area contributed by atoms with E-state index in [-0.39, 0.29) is 0 Å². The van der Waals surface area contributed by atoms with Crippen LogP contribution in [0.2, 0.25) is 5.02 Å². The predicted molar refractivity (Wildman–Crippen MR) is 70.7 cm³/mol. The Morgan fingerprint density at radius 1 is 1.27 bits per heavy atom. The lowest BCUT2D eigenvalue weighted by atomic mass is 10.1. The van der Waals surface area contributed by atoms with Gasteiger partial charge < -0.3 is 5.32 Å². The molecule has 0 aliphatic rings. The van der Waals surface area contributed by atoms with E-state index in [1.807, 2.05) is 12.1 Å². The van der Waals surface area contributed by atoms with Gasteiger partial charge >= 0.3 is 0 Å². The molecule has 0 amide bonds. The van der Waals surface area contributed by atoms with E-state index in [0.29, 0.717) is 12.0 Å². The maximum atomic E-state index is 5.82. The van der Waals surface area contributed by atoms with Crippen LogP contribution in [-0.4, -0.2) is 11.4 Å². The smallest absolute Gasteiger partial charge is 0.0406 e. The average molecular weight is 291 g/mol. The zero-order chi connectivity index (χ0) is 11.3. The van der Waals surface area contributed by atoms with Crippen molar-refractivity contribution in [3.63, 3.8) is 0 Å². The summed E-state index contributed by atoms with van der Waals surface area (Å²) >= 11 is 9.34. The SMILES string of the molecule is CC(C)C(CBr)NCc1ccc(Cl)cc1. The molecular formula is C12H17BrClN. The number of hydrogen-bond donors (Lipinski definition) is 1. The van der Waals surface area contributed by atoms with Crippen LogP contribution in [-0.2, 0) is 6.54 Å². The lowest BCUT2D eigenvalue weighted by Gasteiger charge is -2.19. The van der Waals surface area contributed by atoms with Gasteiger partial charge in [0.25, 0.3) is 0 Å². The molecule has 1 rings (SSSR count). The standard InChI is InChI=1S/C12H17BrClN/c1-9(2)12(7-13)15-8-10-3-5-11(14)6-4-10/h3-6,9,12,15H,7-8H2,1-2H3. The second kappa shape index (κ2) is 6.51. The van der Waals surface area contributed by atoms with Gasteiger partial charge in [0.2, 0.25) is 0 Å². The van der Waals surface area contributed by atoms with Crippen LogP contribution in [0.3, 0.4) is 0 Å². The zero-order valence-electron chi connectivity index (χ0n) is 9.13. The third kappa shape index (κ3) is 4.54. The maximum absolute atomic E-state index is 5.82. The fourth-order valence-corrected chi connectivity index (χ4v) is 2.42. The van der Waals surface area contributed by atoms with Gasteiger partial charge in [-0.15, -0.1) is 0 Å². The first-order valence-corrected chi connectivity index (χ1v) is 6.67. The molecule has 1 N–H and O–H groups in total. The van der Waals surface area contributed by atoms with Crippen molar-refractivity contribution in [3.8, 4) is 0 Å². The summed E-state index contributed by atoms with van der Waals surface area (Å²) < 4.78 is 0. The molecule has 1 atom stereocenters. The number of nitrogens with one attached hydrogen (secondary N) is 1. The lowest BCUT2D eigenvalue weighted by molar-refractivity contribution is 0.434. The van der Waals surface area contributed by atoms with Gasteiger partial charge in [-0.05, 0) is 23.6 Å². The average Bonchev–Trinajstić information content (AvgIpc) is 2.21. The maximum Gasteiger partial charge on any atom is 0.0406 e. The fraction of sp³-hybridized carbons (Fsp3) is 0.500. The molecule has 0 aromatic heterocycles. The molecule has 0 heterocycles. The summed E-state index contributed by atoms with van der Waals surface area (Å²) in [6.45, 7) is 5.34. The van der Waals surface area contributed by atoms with Crippen LogP contribution in [0.25, 0.3) is 0 Å². The van der Waals surface area contributed by atoms with Gasteiger partial charge in [-0.25, -0.2) is 0 Å². The Balaban J connectivity index is 2.45. The van der Waals surface area contributed by atoms with E-state index in [9.17, 15) is 0 Å². The Kier molecular flexibility index (Phi) is 5.65. The first-order valence-electron chi connectivity index (χ1n) is 5.17. The highest BCUT2D eigenvalue weighted by Gasteiger charge is 2.10. The van der Waals surface area contributed by atoms with E-state index in [0.717, 1.165) is 16.9 Å². The molecule has 0 aliphatic heterocycles. The van der Waals surface area contributed by atoms with Crippen LogP contribution < -0.4 is 5.32 Å². The summed E-state index contributed by atoms with van der Waals surface area (Å²) in [5.74, 6) is 0.636. The van der Waals surface area contributed by atoms with Crippen molar-refractivity contribution in [1.82, 2.24) is 5.32 Å². The summed E-state index contributed by atoms with van der Waals surface area (Å²) in [4.78, 5) is 0. The van der Waals surface area contributed by atoms with Crippen LogP contribution in [0, 0.1) is 5.92 Å². The molecule has 1 aromatic rings. The third-order valence-corrected chi connectivity index (χ3v) is 3.40. The minimum absolute atomic E-state index is 0.515. The van der Waals surface area contributed by atoms with Crippen LogP contribution >= 0.6 is 27.5 Å². The highest BCUT2D eigenvalue weighted by Crippen LogP contribution is 2.11. The van der Waals surface area contributed by atoms with Crippen LogP contribution in [0.4, 0.5) is 0 Å². The van der Waals surface area contributed by atoms with E-state index in [1.54, 1.807) is 0 Å². The molecule has 0 bridgehead atoms. The number of alkyl halides is 1. The monoisotopic (exact) mass is 289 g/mol. The molecule has 0 radical (unpaired) electrons. The quantitative estimate of drug-likeness (QED) is 0.812. The summed E-state index contributed by atoms with van der Waals surface area (Å²) in [6, 6.07) is 8.48. The second-order valence-electron chi connectivity index (χ2n) is 4.01. The Morgan fingerprint density at radius 3 is 2.33 bits per heavy atom. The molecule has 0 saturated heterocycles. The number of rotatable bonds is 5. The molecule has 1 aromatic carbocycles. The Bertz CT molecular complexity index is 284. The van der Waals surface area contributed by atoms with Gasteiger partial charge in [-0.2, -0.15) is 0 Å². The first-order chi connectivity index (χ1) is 7.13. The van der Waals surface area contributed by atoms with Gasteiger partial charge in [-0.1, -0.05) is 53.5 Å². The molecule has 84 valence electrons. The second-order valence-corrected chi connectivity index (χ2v) is 5.10. The molecule has 1 nitrogen and oxygen atoms in total. The van der Waals surface area contributed by atoms with Crippen molar-refractivity contribution in [2.75, 3.05) is 5.33 Å². The van der Waals surface area contributed by atoms with Gasteiger partial charge in [0.1, 0.15) is 0 Å². The largest absolute Gasteiger partial charge is 0.309 e. The Hall–Kier alpha value is -0.0500. The van der Waals surface area contributed by atoms with Crippen molar-refractivity contribution in [3.05, 3.63) is 34.9 Å². The fourth-order valence-electron chi connectivity index (χ4n) is 1.32. The van der Waals surface area contributed by atoms with Crippen LogP contribution in [0.5, 0.6) is 0 Å². The lowest BCUT2D eigenvalue weighted by Crippen LogP contribution is -2.34. The minimum Gasteiger partial charge on any atom is -0.309 e. The molecule has 15 heavy (non-hydrogen) atoms. The normalized spacial score (nSPS) is 13.1. The van der Waals surface area contributed by atoms with Crippen LogP contribution in [0.15, 0.2) is 24.3 Å². The molecule has 0 fully saturated rings. The van der Waals surface area contributed by atoms with Crippen LogP contribution in [0.1, 0.15) is 19.4 Å². The van der Waals surface area contributed by atoms with Gasteiger partial charge in [0.05, 0.1) is 0 Å². The summed E-state index contributed by atoms with van der Waals surface area (Å²) in [5, 5.41) is 5.29.